The Kier molecular flexibility index (Phi) is 3.13. The van der Waals surface area contributed by atoms with Crippen molar-refractivity contribution in [1.29, 1.82) is 0 Å². The Morgan fingerprint density at radius 1 is 1.16 bits per heavy atom. The number of rotatable bonds is 2. The lowest BCUT2D eigenvalue weighted by atomic mass is 10.1. The summed E-state index contributed by atoms with van der Waals surface area (Å²) in [5.74, 6) is 0.168. The first kappa shape index (κ1) is 14.3. The van der Waals surface area contributed by atoms with Gasteiger partial charge in [0, 0.05) is 36.3 Å². The van der Waals surface area contributed by atoms with Gasteiger partial charge in [-0.15, -0.1) is 0 Å². The molecule has 0 aliphatic carbocycles. The summed E-state index contributed by atoms with van der Waals surface area (Å²) in [6.07, 6.45) is 5.22. The zero-order valence-corrected chi connectivity index (χ0v) is 13.8. The maximum absolute atomic E-state index is 12.9. The van der Waals surface area contributed by atoms with Gasteiger partial charge in [0.05, 0.1) is 24.4 Å². The number of para-hydroxylation sites is 1. The fourth-order valence-electron chi connectivity index (χ4n) is 3.73. The summed E-state index contributed by atoms with van der Waals surface area (Å²) in [6.45, 7) is 1.36. The number of nitrogens with zero attached hydrogens (tertiary/aromatic N) is 3. The van der Waals surface area contributed by atoms with E-state index in [4.69, 9.17) is 0 Å². The molecule has 0 radical (unpaired) electrons. The van der Waals surface area contributed by atoms with E-state index in [0.29, 0.717) is 13.0 Å². The van der Waals surface area contributed by atoms with Gasteiger partial charge in [-0.25, -0.2) is 4.98 Å². The zero-order valence-electron chi connectivity index (χ0n) is 13.8. The van der Waals surface area contributed by atoms with Gasteiger partial charge in [-0.05, 0) is 23.8 Å². The third-order valence-electron chi connectivity index (χ3n) is 5.04. The highest BCUT2D eigenvalue weighted by atomic mass is 16.2. The van der Waals surface area contributed by atoms with E-state index in [1.165, 1.54) is 0 Å². The fourth-order valence-corrected chi connectivity index (χ4v) is 3.73. The third-order valence-corrected chi connectivity index (χ3v) is 5.04. The number of nitrogens with one attached hydrogen (secondary N) is 1. The summed E-state index contributed by atoms with van der Waals surface area (Å²) in [7, 11) is 0. The van der Waals surface area contributed by atoms with Crippen LogP contribution in [-0.2, 0) is 24.2 Å². The van der Waals surface area contributed by atoms with Gasteiger partial charge in [-0.1, -0.05) is 24.3 Å². The van der Waals surface area contributed by atoms with Gasteiger partial charge in [-0.3, -0.25) is 4.79 Å². The van der Waals surface area contributed by atoms with Crippen molar-refractivity contribution in [2.24, 2.45) is 0 Å². The number of aromatic amines is 1. The molecule has 1 aromatic carbocycles. The molecule has 1 N–H and O–H groups in total. The minimum Gasteiger partial charge on any atom is -0.361 e. The summed E-state index contributed by atoms with van der Waals surface area (Å²) in [6, 6.07) is 14.1. The van der Waals surface area contributed by atoms with Gasteiger partial charge >= 0.3 is 0 Å². The molecule has 0 saturated carbocycles. The molecule has 1 aliphatic rings. The first-order valence-corrected chi connectivity index (χ1v) is 8.57. The summed E-state index contributed by atoms with van der Waals surface area (Å²) in [5, 5.41) is 1.13. The van der Waals surface area contributed by atoms with Gasteiger partial charge in [-0.2, -0.15) is 0 Å². The molecule has 5 heteroatoms. The minimum absolute atomic E-state index is 0.168. The number of imidazole rings is 1. The van der Waals surface area contributed by atoms with Crippen molar-refractivity contribution >= 4 is 22.5 Å². The maximum Gasteiger partial charge on any atom is 0.227 e. The molecule has 4 aromatic rings. The maximum atomic E-state index is 12.9. The number of carbonyl (C=O) groups is 1. The average Bonchev–Trinajstić information content (AvgIpc) is 3.22. The van der Waals surface area contributed by atoms with Crippen LogP contribution in [0.4, 0.5) is 0 Å². The molecule has 0 spiro atoms. The lowest BCUT2D eigenvalue weighted by molar-refractivity contribution is -0.131. The van der Waals surface area contributed by atoms with Crippen LogP contribution in [-0.4, -0.2) is 31.7 Å². The first-order valence-electron chi connectivity index (χ1n) is 8.57. The van der Waals surface area contributed by atoms with Gasteiger partial charge < -0.3 is 14.3 Å². The Bertz CT molecular complexity index is 1090. The monoisotopic (exact) mass is 330 g/mol. The van der Waals surface area contributed by atoms with Crippen LogP contribution in [0.1, 0.15) is 17.0 Å². The van der Waals surface area contributed by atoms with E-state index < -0.39 is 0 Å². The van der Waals surface area contributed by atoms with Crippen LogP contribution >= 0.6 is 0 Å². The Morgan fingerprint density at radius 3 is 3.00 bits per heavy atom. The van der Waals surface area contributed by atoms with Gasteiger partial charge in [0.25, 0.3) is 0 Å². The smallest absolute Gasteiger partial charge is 0.227 e. The molecule has 5 nitrogen and oxygen atoms in total. The molecule has 1 aliphatic heterocycles. The van der Waals surface area contributed by atoms with E-state index in [0.717, 1.165) is 46.5 Å². The highest BCUT2D eigenvalue weighted by molar-refractivity contribution is 5.89. The zero-order chi connectivity index (χ0) is 16.8. The number of carbonyl (C=O) groups excluding carboxylic acids is 1. The quantitative estimate of drug-likeness (QED) is 0.614. The van der Waals surface area contributed by atoms with E-state index in [-0.39, 0.29) is 5.91 Å². The molecule has 25 heavy (non-hydrogen) atoms. The van der Waals surface area contributed by atoms with Crippen LogP contribution in [0.25, 0.3) is 16.6 Å². The van der Waals surface area contributed by atoms with E-state index in [1.54, 1.807) is 0 Å². The van der Waals surface area contributed by atoms with Gasteiger partial charge in [0.15, 0.2) is 0 Å². The molecular formula is C20H18N4O. The van der Waals surface area contributed by atoms with Crippen molar-refractivity contribution in [1.82, 2.24) is 19.3 Å². The SMILES string of the molecule is O=C(Cc1c[nH]c2ccccc12)N1CCc2nc3ccccn3c2C1. The lowest BCUT2D eigenvalue weighted by Gasteiger charge is -2.26. The predicted molar refractivity (Wildman–Crippen MR) is 96.3 cm³/mol. The molecule has 124 valence electrons. The van der Waals surface area contributed by atoms with Crippen LogP contribution in [0.15, 0.2) is 54.9 Å². The van der Waals surface area contributed by atoms with Gasteiger partial charge in [0.1, 0.15) is 5.65 Å². The largest absolute Gasteiger partial charge is 0.361 e. The Balaban J connectivity index is 1.41. The van der Waals surface area contributed by atoms with E-state index >= 15 is 0 Å². The first-order chi connectivity index (χ1) is 12.3. The van der Waals surface area contributed by atoms with E-state index in [2.05, 4.69) is 20.4 Å². The molecule has 0 fully saturated rings. The number of H-pyrrole nitrogens is 1. The van der Waals surface area contributed by atoms with Crippen LogP contribution in [0, 0.1) is 0 Å². The number of amides is 1. The lowest BCUT2D eigenvalue weighted by Crippen LogP contribution is -2.37. The number of pyridine rings is 1. The second kappa shape index (κ2) is 5.48. The molecule has 3 aromatic heterocycles. The molecule has 5 rings (SSSR count). The van der Waals surface area contributed by atoms with Crippen LogP contribution in [0.2, 0.25) is 0 Å². The van der Waals surface area contributed by atoms with Crippen molar-refractivity contribution in [2.45, 2.75) is 19.4 Å². The predicted octanol–water partition coefficient (Wildman–Crippen LogP) is 2.94. The van der Waals surface area contributed by atoms with Crippen molar-refractivity contribution in [2.75, 3.05) is 6.54 Å². The molecule has 0 bridgehead atoms. The Labute approximate surface area is 144 Å². The summed E-state index contributed by atoms with van der Waals surface area (Å²) in [5.41, 5.74) is 5.34. The van der Waals surface area contributed by atoms with Crippen LogP contribution in [0.5, 0.6) is 0 Å². The van der Waals surface area contributed by atoms with Crippen molar-refractivity contribution < 1.29 is 4.79 Å². The Morgan fingerprint density at radius 2 is 2.04 bits per heavy atom. The third kappa shape index (κ3) is 2.31. The number of hydrogen-bond acceptors (Lipinski definition) is 2. The molecule has 0 atom stereocenters. The highest BCUT2D eigenvalue weighted by Crippen LogP contribution is 2.23. The summed E-state index contributed by atoms with van der Waals surface area (Å²) >= 11 is 0. The molecule has 0 unspecified atom stereocenters. The van der Waals surface area contributed by atoms with Crippen molar-refractivity contribution in [3.8, 4) is 0 Å². The van der Waals surface area contributed by atoms with Crippen molar-refractivity contribution in [3.63, 3.8) is 0 Å². The minimum atomic E-state index is 0.168. The van der Waals surface area contributed by atoms with E-state index in [9.17, 15) is 4.79 Å². The molecule has 1 amide bonds. The number of benzene rings is 1. The molecular weight excluding hydrogens is 312 g/mol. The fraction of sp³-hybridized carbons (Fsp3) is 0.200. The second-order valence-corrected chi connectivity index (χ2v) is 6.54. The molecule has 4 heterocycles. The second-order valence-electron chi connectivity index (χ2n) is 6.54. The summed E-state index contributed by atoms with van der Waals surface area (Å²) < 4.78 is 2.10. The average molecular weight is 330 g/mol. The Hall–Kier alpha value is -3.08. The normalized spacial score (nSPS) is 14.2. The number of aromatic nitrogens is 3. The van der Waals surface area contributed by atoms with E-state index in [1.807, 2.05) is 53.7 Å². The van der Waals surface area contributed by atoms with Crippen molar-refractivity contribution in [3.05, 3.63) is 71.8 Å². The highest BCUT2D eigenvalue weighted by Gasteiger charge is 2.25. The van der Waals surface area contributed by atoms with Crippen LogP contribution < -0.4 is 0 Å². The molecule has 0 saturated heterocycles. The summed E-state index contributed by atoms with van der Waals surface area (Å²) in [4.78, 5) is 22.7. The topological polar surface area (TPSA) is 53.4 Å². The van der Waals surface area contributed by atoms with Gasteiger partial charge in [0.2, 0.25) is 5.91 Å². The standard InChI is InChI=1S/C20H18N4O/c25-20(11-14-12-21-16-6-2-1-5-15(14)16)23-10-8-17-18(13-23)24-9-4-3-7-19(24)22-17/h1-7,9,12,21H,8,10-11,13H2. The number of hydrogen-bond donors (Lipinski definition) is 1. The number of fused-ring (bicyclic) bond motifs is 4. The van der Waals surface area contributed by atoms with Crippen LogP contribution in [0.3, 0.4) is 0 Å².